The van der Waals surface area contributed by atoms with E-state index in [9.17, 15) is 4.79 Å². The van der Waals surface area contributed by atoms with Crippen molar-refractivity contribution in [2.24, 2.45) is 12.8 Å². The maximum Gasteiger partial charge on any atom is 0.267 e. The molecular formula is C22H19N3O. The van der Waals surface area contributed by atoms with E-state index in [1.54, 1.807) is 12.1 Å². The maximum absolute atomic E-state index is 11.4. The lowest BCUT2D eigenvalue weighted by Gasteiger charge is -2.05. The second-order valence-corrected chi connectivity index (χ2v) is 6.53. The van der Waals surface area contributed by atoms with Gasteiger partial charge in [-0.1, -0.05) is 42.0 Å². The van der Waals surface area contributed by atoms with Gasteiger partial charge in [0, 0.05) is 35.3 Å². The van der Waals surface area contributed by atoms with Crippen molar-refractivity contribution in [1.82, 2.24) is 9.55 Å². The number of aromatic nitrogens is 2. The van der Waals surface area contributed by atoms with Gasteiger partial charge in [0.1, 0.15) is 5.69 Å². The summed E-state index contributed by atoms with van der Waals surface area (Å²) in [5.41, 5.74) is 12.1. The number of benzene rings is 2. The molecule has 4 nitrogen and oxygen atoms in total. The number of hydrogen-bond donors (Lipinski definition) is 1. The van der Waals surface area contributed by atoms with Crippen LogP contribution >= 0.6 is 0 Å². The van der Waals surface area contributed by atoms with Gasteiger partial charge in [0.2, 0.25) is 0 Å². The number of aryl methyl sites for hydroxylation is 2. The fourth-order valence-electron chi connectivity index (χ4n) is 3.33. The lowest BCUT2D eigenvalue weighted by Crippen LogP contribution is -2.12. The maximum atomic E-state index is 11.4. The van der Waals surface area contributed by atoms with Crippen LogP contribution in [0.1, 0.15) is 16.1 Å². The van der Waals surface area contributed by atoms with Gasteiger partial charge in [-0.2, -0.15) is 0 Å². The van der Waals surface area contributed by atoms with Crippen molar-refractivity contribution in [3.8, 4) is 22.4 Å². The minimum Gasteiger partial charge on any atom is -0.364 e. The van der Waals surface area contributed by atoms with E-state index in [1.807, 2.05) is 19.2 Å². The van der Waals surface area contributed by atoms with Gasteiger partial charge in [0.15, 0.2) is 0 Å². The second kappa shape index (κ2) is 6.15. The molecule has 26 heavy (non-hydrogen) atoms. The number of hydrogen-bond acceptors (Lipinski definition) is 2. The van der Waals surface area contributed by atoms with Crippen LogP contribution in [-0.2, 0) is 7.05 Å². The molecule has 0 saturated heterocycles. The molecule has 2 heterocycles. The summed E-state index contributed by atoms with van der Waals surface area (Å²) in [5.74, 6) is -0.520. The average Bonchev–Trinajstić information content (AvgIpc) is 2.98. The van der Waals surface area contributed by atoms with Crippen LogP contribution in [0.5, 0.6) is 0 Å². The highest BCUT2D eigenvalue weighted by Crippen LogP contribution is 2.33. The van der Waals surface area contributed by atoms with Crippen molar-refractivity contribution >= 4 is 16.8 Å². The fraction of sp³-hybridized carbons (Fsp3) is 0.0909. The Kier molecular flexibility index (Phi) is 3.81. The molecule has 2 N–H and O–H groups in total. The molecule has 0 spiro atoms. The third-order valence-electron chi connectivity index (χ3n) is 4.62. The highest BCUT2D eigenvalue weighted by Gasteiger charge is 2.12. The van der Waals surface area contributed by atoms with Gasteiger partial charge in [-0.15, -0.1) is 0 Å². The quantitative estimate of drug-likeness (QED) is 0.603. The summed E-state index contributed by atoms with van der Waals surface area (Å²) in [4.78, 5) is 15.8. The molecular weight excluding hydrogens is 322 g/mol. The van der Waals surface area contributed by atoms with Gasteiger partial charge in [-0.3, -0.25) is 4.79 Å². The second-order valence-electron chi connectivity index (χ2n) is 6.53. The molecule has 4 aromatic rings. The number of primary amides is 1. The predicted octanol–water partition coefficient (Wildman–Crippen LogP) is 4.31. The van der Waals surface area contributed by atoms with Crippen LogP contribution in [0, 0.1) is 6.92 Å². The normalized spacial score (nSPS) is 11.0. The molecule has 1 amide bonds. The summed E-state index contributed by atoms with van der Waals surface area (Å²) in [6.07, 6.45) is 2.15. The summed E-state index contributed by atoms with van der Waals surface area (Å²) in [5, 5.41) is 1.15. The summed E-state index contributed by atoms with van der Waals surface area (Å²) >= 11 is 0. The molecule has 0 aliphatic carbocycles. The van der Waals surface area contributed by atoms with Crippen LogP contribution in [0.25, 0.3) is 33.3 Å². The predicted molar refractivity (Wildman–Crippen MR) is 105 cm³/mol. The summed E-state index contributed by atoms with van der Waals surface area (Å²) in [7, 11) is 2.05. The zero-order valence-electron chi connectivity index (χ0n) is 14.7. The fourth-order valence-corrected chi connectivity index (χ4v) is 3.33. The van der Waals surface area contributed by atoms with Crippen LogP contribution in [0.3, 0.4) is 0 Å². The van der Waals surface area contributed by atoms with E-state index in [0.29, 0.717) is 0 Å². The molecule has 0 aliphatic heterocycles. The summed E-state index contributed by atoms with van der Waals surface area (Å²) in [6, 6.07) is 20.0. The Morgan fingerprint density at radius 3 is 2.58 bits per heavy atom. The molecule has 2 aromatic heterocycles. The number of carbonyl (C=O) groups is 1. The molecule has 4 rings (SSSR count). The van der Waals surface area contributed by atoms with E-state index >= 15 is 0 Å². The summed E-state index contributed by atoms with van der Waals surface area (Å²) in [6.45, 7) is 2.10. The SMILES string of the molecule is Cc1cccc(-c2cn(C)c3ccc(-c4cccc(C(N)=O)n4)cc23)c1. The molecule has 2 aromatic carbocycles. The molecule has 0 saturated carbocycles. The van der Waals surface area contributed by atoms with Crippen molar-refractivity contribution in [2.45, 2.75) is 6.92 Å². The van der Waals surface area contributed by atoms with Crippen molar-refractivity contribution in [3.63, 3.8) is 0 Å². The van der Waals surface area contributed by atoms with E-state index in [2.05, 4.69) is 59.1 Å². The topological polar surface area (TPSA) is 60.9 Å². The van der Waals surface area contributed by atoms with Crippen LogP contribution in [0.4, 0.5) is 0 Å². The number of amides is 1. The minimum absolute atomic E-state index is 0.273. The first-order chi connectivity index (χ1) is 12.5. The first-order valence-electron chi connectivity index (χ1n) is 8.46. The lowest BCUT2D eigenvalue weighted by atomic mass is 10.0. The average molecular weight is 341 g/mol. The summed E-state index contributed by atoms with van der Waals surface area (Å²) < 4.78 is 2.13. The van der Waals surface area contributed by atoms with E-state index in [4.69, 9.17) is 5.73 Å². The first kappa shape index (κ1) is 16.1. The Morgan fingerprint density at radius 2 is 1.81 bits per heavy atom. The van der Waals surface area contributed by atoms with Crippen molar-refractivity contribution in [1.29, 1.82) is 0 Å². The monoisotopic (exact) mass is 341 g/mol. The van der Waals surface area contributed by atoms with Crippen LogP contribution in [0.15, 0.2) is 66.9 Å². The largest absolute Gasteiger partial charge is 0.364 e. The Labute approximate surface area is 151 Å². The lowest BCUT2D eigenvalue weighted by molar-refractivity contribution is 0.0995. The third kappa shape index (κ3) is 2.75. The molecule has 0 atom stereocenters. The van der Waals surface area contributed by atoms with Crippen LogP contribution < -0.4 is 5.73 Å². The smallest absolute Gasteiger partial charge is 0.267 e. The first-order valence-corrected chi connectivity index (χ1v) is 8.46. The molecule has 4 heteroatoms. The van der Waals surface area contributed by atoms with Gasteiger partial charge in [-0.05, 0) is 36.8 Å². The molecule has 128 valence electrons. The van der Waals surface area contributed by atoms with E-state index in [1.165, 1.54) is 16.7 Å². The molecule has 0 fully saturated rings. The van der Waals surface area contributed by atoms with Gasteiger partial charge in [0.05, 0.1) is 5.69 Å². The van der Waals surface area contributed by atoms with E-state index < -0.39 is 5.91 Å². The Balaban J connectivity index is 1.91. The van der Waals surface area contributed by atoms with Crippen molar-refractivity contribution < 1.29 is 4.79 Å². The number of fused-ring (bicyclic) bond motifs is 1. The minimum atomic E-state index is -0.520. The van der Waals surface area contributed by atoms with Crippen LogP contribution in [-0.4, -0.2) is 15.5 Å². The molecule has 0 bridgehead atoms. The highest BCUT2D eigenvalue weighted by atomic mass is 16.1. The zero-order valence-corrected chi connectivity index (χ0v) is 14.7. The number of carbonyl (C=O) groups excluding carboxylic acids is 1. The highest BCUT2D eigenvalue weighted by molar-refractivity contribution is 5.98. The number of nitrogens with zero attached hydrogens (tertiary/aromatic N) is 2. The zero-order chi connectivity index (χ0) is 18.3. The van der Waals surface area contributed by atoms with Crippen molar-refractivity contribution in [2.75, 3.05) is 0 Å². The molecule has 0 unspecified atom stereocenters. The number of nitrogens with two attached hydrogens (primary N) is 1. The molecule has 0 aliphatic rings. The standard InChI is InChI=1S/C22H19N3O/c1-14-5-3-6-15(11-14)18-13-25(2)21-10-9-16(12-17(18)21)19-7-4-8-20(24-19)22(23)26/h3-13H,1-2H3,(H2,23,26). The van der Waals surface area contributed by atoms with E-state index in [0.717, 1.165) is 22.2 Å². The van der Waals surface area contributed by atoms with Gasteiger partial charge in [0.25, 0.3) is 5.91 Å². The number of pyridine rings is 1. The Bertz CT molecular complexity index is 1140. The van der Waals surface area contributed by atoms with Gasteiger partial charge < -0.3 is 10.3 Å². The molecule has 0 radical (unpaired) electrons. The van der Waals surface area contributed by atoms with Gasteiger partial charge in [-0.25, -0.2) is 4.98 Å². The van der Waals surface area contributed by atoms with Gasteiger partial charge >= 0.3 is 0 Å². The number of rotatable bonds is 3. The van der Waals surface area contributed by atoms with Crippen LogP contribution in [0.2, 0.25) is 0 Å². The Hall–Kier alpha value is -3.40. The Morgan fingerprint density at radius 1 is 1.00 bits per heavy atom. The van der Waals surface area contributed by atoms with Crippen molar-refractivity contribution in [3.05, 3.63) is 78.1 Å². The van der Waals surface area contributed by atoms with E-state index in [-0.39, 0.29) is 5.69 Å². The third-order valence-corrected chi connectivity index (χ3v) is 4.62.